The van der Waals surface area contributed by atoms with Crippen molar-refractivity contribution in [2.75, 3.05) is 7.11 Å². The summed E-state index contributed by atoms with van der Waals surface area (Å²) >= 11 is 1.41. The van der Waals surface area contributed by atoms with Crippen LogP contribution in [0.2, 0.25) is 0 Å². The van der Waals surface area contributed by atoms with Gasteiger partial charge in [-0.25, -0.2) is 4.98 Å². The van der Waals surface area contributed by atoms with Gasteiger partial charge in [0.15, 0.2) is 11.5 Å². The van der Waals surface area contributed by atoms with Crippen molar-refractivity contribution in [2.45, 2.75) is 20.0 Å². The van der Waals surface area contributed by atoms with Crippen LogP contribution in [0.5, 0.6) is 11.5 Å². The standard InChI is InChI=1S/C20H19NO4S/c1-13-3-5-14(6-4-13)11-25-17-8-7-15(9-18(17)24-2)20-21-16(12-26-20)10-19(22)23/h3-9,12H,10-11H2,1-2H3,(H,22,23). The molecule has 0 saturated heterocycles. The van der Waals surface area contributed by atoms with E-state index >= 15 is 0 Å². The Balaban J connectivity index is 1.75. The summed E-state index contributed by atoms with van der Waals surface area (Å²) < 4.78 is 11.3. The fraction of sp³-hybridized carbons (Fsp3) is 0.200. The molecule has 0 aliphatic rings. The van der Waals surface area contributed by atoms with Crippen LogP contribution in [0.4, 0.5) is 0 Å². The Hall–Kier alpha value is -2.86. The molecule has 1 aromatic heterocycles. The first-order valence-corrected chi connectivity index (χ1v) is 8.96. The largest absolute Gasteiger partial charge is 0.493 e. The molecule has 0 amide bonds. The lowest BCUT2D eigenvalue weighted by Crippen LogP contribution is -2.00. The van der Waals surface area contributed by atoms with E-state index in [1.807, 2.05) is 37.3 Å². The zero-order valence-corrected chi connectivity index (χ0v) is 15.4. The second-order valence-electron chi connectivity index (χ2n) is 5.85. The number of methoxy groups -OCH3 is 1. The van der Waals surface area contributed by atoms with Crippen LogP contribution in [0.15, 0.2) is 47.8 Å². The maximum atomic E-state index is 10.8. The van der Waals surface area contributed by atoms with Gasteiger partial charge in [0.2, 0.25) is 0 Å². The third-order valence-electron chi connectivity index (χ3n) is 3.81. The third kappa shape index (κ3) is 4.40. The van der Waals surface area contributed by atoms with E-state index in [2.05, 4.69) is 17.1 Å². The SMILES string of the molecule is COc1cc(-c2nc(CC(=O)O)cs2)ccc1OCc1ccc(C)cc1. The minimum Gasteiger partial charge on any atom is -0.493 e. The molecule has 0 saturated carbocycles. The maximum Gasteiger partial charge on any atom is 0.309 e. The van der Waals surface area contributed by atoms with Crippen molar-refractivity contribution in [3.8, 4) is 22.1 Å². The Bertz CT molecular complexity index is 902. The number of hydrogen-bond donors (Lipinski definition) is 1. The van der Waals surface area contributed by atoms with Gasteiger partial charge in [0.05, 0.1) is 19.2 Å². The lowest BCUT2D eigenvalue weighted by atomic mass is 10.1. The fourth-order valence-electron chi connectivity index (χ4n) is 2.44. The topological polar surface area (TPSA) is 68.7 Å². The highest BCUT2D eigenvalue weighted by atomic mass is 32.1. The van der Waals surface area contributed by atoms with Gasteiger partial charge < -0.3 is 14.6 Å². The lowest BCUT2D eigenvalue weighted by Gasteiger charge is -2.12. The molecule has 0 spiro atoms. The van der Waals surface area contributed by atoms with Gasteiger partial charge in [-0.05, 0) is 30.7 Å². The summed E-state index contributed by atoms with van der Waals surface area (Å²) in [5.74, 6) is 0.378. The van der Waals surface area contributed by atoms with Crippen LogP contribution in [0.3, 0.4) is 0 Å². The minimum atomic E-state index is -0.890. The second-order valence-corrected chi connectivity index (χ2v) is 6.71. The molecular weight excluding hydrogens is 350 g/mol. The van der Waals surface area contributed by atoms with Crippen molar-refractivity contribution in [3.63, 3.8) is 0 Å². The summed E-state index contributed by atoms with van der Waals surface area (Å²) in [6, 6.07) is 13.8. The van der Waals surface area contributed by atoms with Crippen molar-refractivity contribution >= 4 is 17.3 Å². The van der Waals surface area contributed by atoms with E-state index in [1.54, 1.807) is 12.5 Å². The molecule has 0 atom stereocenters. The van der Waals surface area contributed by atoms with E-state index in [1.165, 1.54) is 16.9 Å². The van der Waals surface area contributed by atoms with Crippen LogP contribution in [0, 0.1) is 6.92 Å². The number of carboxylic acids is 1. The number of aromatic nitrogens is 1. The monoisotopic (exact) mass is 369 g/mol. The number of aliphatic carboxylic acids is 1. The molecule has 0 aliphatic heterocycles. The quantitative estimate of drug-likeness (QED) is 0.671. The Morgan fingerprint density at radius 2 is 1.92 bits per heavy atom. The summed E-state index contributed by atoms with van der Waals surface area (Å²) in [7, 11) is 1.59. The van der Waals surface area contributed by atoms with Gasteiger partial charge in [-0.2, -0.15) is 0 Å². The maximum absolute atomic E-state index is 10.8. The predicted octanol–water partition coefficient (Wildman–Crippen LogP) is 4.33. The van der Waals surface area contributed by atoms with Crippen LogP contribution in [-0.4, -0.2) is 23.2 Å². The van der Waals surface area contributed by atoms with Gasteiger partial charge >= 0.3 is 5.97 Å². The normalized spacial score (nSPS) is 10.5. The zero-order valence-electron chi connectivity index (χ0n) is 14.6. The van der Waals surface area contributed by atoms with Gasteiger partial charge in [0, 0.05) is 10.9 Å². The van der Waals surface area contributed by atoms with E-state index in [-0.39, 0.29) is 6.42 Å². The molecule has 1 heterocycles. The van der Waals surface area contributed by atoms with E-state index < -0.39 is 5.97 Å². The molecule has 26 heavy (non-hydrogen) atoms. The molecule has 0 unspecified atom stereocenters. The van der Waals surface area contributed by atoms with E-state index in [0.717, 1.165) is 16.1 Å². The fourth-order valence-corrected chi connectivity index (χ4v) is 3.26. The van der Waals surface area contributed by atoms with E-state index in [0.29, 0.717) is 23.8 Å². The van der Waals surface area contributed by atoms with Gasteiger partial charge in [0.25, 0.3) is 0 Å². The van der Waals surface area contributed by atoms with Gasteiger partial charge in [-0.3, -0.25) is 4.79 Å². The van der Waals surface area contributed by atoms with Crippen LogP contribution in [-0.2, 0) is 17.8 Å². The Morgan fingerprint density at radius 1 is 1.15 bits per heavy atom. The number of rotatable bonds is 7. The second kappa shape index (κ2) is 8.01. The average molecular weight is 369 g/mol. The average Bonchev–Trinajstić information content (AvgIpc) is 3.09. The molecule has 6 heteroatoms. The number of thiazole rings is 1. The minimum absolute atomic E-state index is 0.0780. The molecule has 1 N–H and O–H groups in total. The molecule has 0 aliphatic carbocycles. The van der Waals surface area contributed by atoms with Crippen molar-refractivity contribution in [2.24, 2.45) is 0 Å². The Morgan fingerprint density at radius 3 is 2.62 bits per heavy atom. The lowest BCUT2D eigenvalue weighted by molar-refractivity contribution is -0.136. The van der Waals surface area contributed by atoms with Crippen molar-refractivity contribution in [1.29, 1.82) is 0 Å². The van der Waals surface area contributed by atoms with Crippen LogP contribution < -0.4 is 9.47 Å². The first kappa shape index (κ1) is 17.9. The Kier molecular flexibility index (Phi) is 5.53. The molecule has 2 aromatic carbocycles. The molecule has 0 radical (unpaired) electrons. The summed E-state index contributed by atoms with van der Waals surface area (Å²) in [4.78, 5) is 15.2. The van der Waals surface area contributed by atoms with Crippen molar-refractivity contribution in [1.82, 2.24) is 4.98 Å². The molecule has 0 fully saturated rings. The van der Waals surface area contributed by atoms with Crippen LogP contribution in [0.1, 0.15) is 16.8 Å². The molecule has 5 nitrogen and oxygen atoms in total. The highest BCUT2D eigenvalue weighted by molar-refractivity contribution is 7.13. The zero-order chi connectivity index (χ0) is 18.5. The molecule has 3 aromatic rings. The smallest absolute Gasteiger partial charge is 0.309 e. The number of benzene rings is 2. The first-order valence-electron chi connectivity index (χ1n) is 8.08. The summed E-state index contributed by atoms with van der Waals surface area (Å²) in [5.41, 5.74) is 3.71. The number of nitrogens with zero attached hydrogens (tertiary/aromatic N) is 1. The van der Waals surface area contributed by atoms with Crippen molar-refractivity contribution < 1.29 is 19.4 Å². The predicted molar refractivity (Wildman–Crippen MR) is 101 cm³/mol. The van der Waals surface area contributed by atoms with Gasteiger partial charge in [-0.1, -0.05) is 29.8 Å². The molecule has 3 rings (SSSR count). The molecule has 134 valence electrons. The van der Waals surface area contributed by atoms with Crippen molar-refractivity contribution in [3.05, 3.63) is 64.7 Å². The van der Waals surface area contributed by atoms with Gasteiger partial charge in [-0.15, -0.1) is 11.3 Å². The summed E-state index contributed by atoms with van der Waals surface area (Å²) in [6.07, 6.45) is -0.0780. The number of ether oxygens (including phenoxy) is 2. The number of aryl methyl sites for hydroxylation is 1. The van der Waals surface area contributed by atoms with Crippen LogP contribution in [0.25, 0.3) is 10.6 Å². The number of carbonyl (C=O) groups is 1. The number of carboxylic acid groups (broad SMARTS) is 1. The number of hydrogen-bond acceptors (Lipinski definition) is 5. The van der Waals surface area contributed by atoms with Crippen LogP contribution >= 0.6 is 11.3 Å². The molecule has 0 bridgehead atoms. The van der Waals surface area contributed by atoms with Gasteiger partial charge in [0.1, 0.15) is 11.6 Å². The Labute approximate surface area is 155 Å². The summed E-state index contributed by atoms with van der Waals surface area (Å²) in [5, 5.41) is 11.4. The molecular formula is C20H19NO4S. The highest BCUT2D eigenvalue weighted by Crippen LogP contribution is 2.34. The highest BCUT2D eigenvalue weighted by Gasteiger charge is 2.12. The first-order chi connectivity index (χ1) is 12.5. The third-order valence-corrected chi connectivity index (χ3v) is 4.75. The summed E-state index contributed by atoms with van der Waals surface area (Å²) in [6.45, 7) is 2.50. The van der Waals surface area contributed by atoms with E-state index in [4.69, 9.17) is 14.6 Å². The van der Waals surface area contributed by atoms with E-state index in [9.17, 15) is 4.79 Å².